The molecule has 74 valence electrons. The lowest BCUT2D eigenvalue weighted by molar-refractivity contribution is -0.119. The highest BCUT2D eigenvalue weighted by Crippen LogP contribution is 2.32. The average Bonchev–Trinajstić information content (AvgIpc) is 2.51. The van der Waals surface area contributed by atoms with Gasteiger partial charge in [0.1, 0.15) is 6.61 Å². The number of carbonyl (C=O) groups excluding carboxylic acids is 1. The molecule has 1 atom stereocenters. The van der Waals surface area contributed by atoms with Gasteiger partial charge in [0.05, 0.1) is 0 Å². The molecule has 5 heteroatoms. The van der Waals surface area contributed by atoms with E-state index in [0.717, 1.165) is 0 Å². The van der Waals surface area contributed by atoms with Crippen molar-refractivity contribution in [3.05, 3.63) is 33.8 Å². The number of amides is 1. The van der Waals surface area contributed by atoms with Crippen molar-refractivity contribution >= 4 is 29.1 Å². The summed E-state index contributed by atoms with van der Waals surface area (Å²) in [6.07, 6.45) is -0.524. The van der Waals surface area contributed by atoms with E-state index in [0.29, 0.717) is 15.6 Å². The maximum absolute atomic E-state index is 10.9. The lowest BCUT2D eigenvalue weighted by Crippen LogP contribution is -2.20. The van der Waals surface area contributed by atoms with Crippen molar-refractivity contribution in [3.8, 4) is 0 Å². The van der Waals surface area contributed by atoms with E-state index in [2.05, 4.69) is 5.32 Å². The van der Waals surface area contributed by atoms with Crippen LogP contribution in [0.4, 0.5) is 0 Å². The van der Waals surface area contributed by atoms with Crippen LogP contribution in [0.15, 0.2) is 18.2 Å². The summed E-state index contributed by atoms with van der Waals surface area (Å²) in [5, 5.41) is 3.60. The lowest BCUT2D eigenvalue weighted by Gasteiger charge is -2.12. The minimum atomic E-state index is -0.524. The molecule has 0 saturated carbocycles. The Morgan fingerprint density at radius 3 is 2.50 bits per heavy atom. The van der Waals surface area contributed by atoms with Crippen LogP contribution in [0.3, 0.4) is 0 Å². The highest BCUT2D eigenvalue weighted by molar-refractivity contribution is 6.36. The summed E-state index contributed by atoms with van der Waals surface area (Å²) in [7, 11) is 0. The van der Waals surface area contributed by atoms with Crippen LogP contribution in [-0.2, 0) is 9.53 Å². The molecule has 1 unspecified atom stereocenters. The Hall–Kier alpha value is -0.770. The molecule has 1 heterocycles. The van der Waals surface area contributed by atoms with Crippen LogP contribution >= 0.6 is 23.2 Å². The maximum Gasteiger partial charge on any atom is 0.248 e. The molecule has 1 aliphatic heterocycles. The second kappa shape index (κ2) is 3.77. The number of ether oxygens (including phenoxy) is 1. The van der Waals surface area contributed by atoms with E-state index in [-0.39, 0.29) is 12.5 Å². The molecule has 0 bridgehead atoms. The first-order valence-corrected chi connectivity index (χ1v) is 4.79. The molecular weight excluding hydrogens is 225 g/mol. The Labute approximate surface area is 91.0 Å². The third-order valence-electron chi connectivity index (χ3n) is 1.94. The lowest BCUT2D eigenvalue weighted by atomic mass is 10.2. The molecule has 0 aromatic heterocycles. The van der Waals surface area contributed by atoms with E-state index in [4.69, 9.17) is 27.9 Å². The van der Waals surface area contributed by atoms with Gasteiger partial charge in [-0.1, -0.05) is 29.3 Å². The smallest absolute Gasteiger partial charge is 0.248 e. The standard InChI is InChI=1S/C9H7Cl2NO2/c10-5-2-1-3-6(11)8(5)9-12-7(13)4-14-9/h1-3,9H,4H2,(H,12,13). The van der Waals surface area contributed by atoms with Gasteiger partial charge in [-0.05, 0) is 12.1 Å². The molecule has 1 aromatic rings. The minimum Gasteiger partial charge on any atom is -0.344 e. The third kappa shape index (κ3) is 1.71. The summed E-state index contributed by atoms with van der Waals surface area (Å²) in [5.74, 6) is -0.161. The molecular formula is C9H7Cl2NO2. The van der Waals surface area contributed by atoms with Crippen LogP contribution < -0.4 is 5.32 Å². The quantitative estimate of drug-likeness (QED) is 0.805. The number of hydrogen-bond donors (Lipinski definition) is 1. The van der Waals surface area contributed by atoms with Gasteiger partial charge >= 0.3 is 0 Å². The fraction of sp³-hybridized carbons (Fsp3) is 0.222. The van der Waals surface area contributed by atoms with Crippen molar-refractivity contribution < 1.29 is 9.53 Å². The minimum absolute atomic E-state index is 0.0478. The van der Waals surface area contributed by atoms with Gasteiger partial charge in [0, 0.05) is 15.6 Å². The Bertz CT molecular complexity index is 361. The molecule has 0 spiro atoms. The molecule has 1 saturated heterocycles. The summed E-state index contributed by atoms with van der Waals surface area (Å²) in [5.41, 5.74) is 0.613. The molecule has 14 heavy (non-hydrogen) atoms. The van der Waals surface area contributed by atoms with Crippen molar-refractivity contribution in [2.24, 2.45) is 0 Å². The zero-order valence-corrected chi connectivity index (χ0v) is 8.60. The second-order valence-electron chi connectivity index (χ2n) is 2.89. The number of halogens is 2. The molecule has 1 amide bonds. The van der Waals surface area contributed by atoms with Crippen LogP contribution in [-0.4, -0.2) is 12.5 Å². The van der Waals surface area contributed by atoms with E-state index >= 15 is 0 Å². The molecule has 1 fully saturated rings. The van der Waals surface area contributed by atoms with Crippen molar-refractivity contribution in [3.63, 3.8) is 0 Å². The topological polar surface area (TPSA) is 38.3 Å². The summed E-state index contributed by atoms with van der Waals surface area (Å²) in [6, 6.07) is 5.15. The normalized spacial score (nSPS) is 21.0. The van der Waals surface area contributed by atoms with E-state index in [1.54, 1.807) is 18.2 Å². The van der Waals surface area contributed by atoms with Gasteiger partial charge in [0.15, 0.2) is 6.23 Å². The number of hydrogen-bond acceptors (Lipinski definition) is 2. The average molecular weight is 232 g/mol. The van der Waals surface area contributed by atoms with Gasteiger partial charge in [0.25, 0.3) is 0 Å². The summed E-state index contributed by atoms with van der Waals surface area (Å²) < 4.78 is 5.18. The Kier molecular flexibility index (Phi) is 2.63. The number of benzene rings is 1. The van der Waals surface area contributed by atoms with Gasteiger partial charge < -0.3 is 10.1 Å². The van der Waals surface area contributed by atoms with Crippen LogP contribution in [0.25, 0.3) is 0 Å². The van der Waals surface area contributed by atoms with Gasteiger partial charge in [-0.3, -0.25) is 4.79 Å². The first kappa shape index (κ1) is 9.77. The van der Waals surface area contributed by atoms with Gasteiger partial charge in [-0.15, -0.1) is 0 Å². The SMILES string of the molecule is O=C1COC(c2c(Cl)cccc2Cl)N1. The van der Waals surface area contributed by atoms with Crippen molar-refractivity contribution in [2.45, 2.75) is 6.23 Å². The predicted octanol–water partition coefficient (Wildman–Crippen LogP) is 2.14. The van der Waals surface area contributed by atoms with Crippen LogP contribution in [0.1, 0.15) is 11.8 Å². The van der Waals surface area contributed by atoms with Crippen molar-refractivity contribution in [1.82, 2.24) is 5.32 Å². The predicted molar refractivity (Wildman–Crippen MR) is 53.3 cm³/mol. The fourth-order valence-electron chi connectivity index (χ4n) is 1.31. The highest BCUT2D eigenvalue weighted by Gasteiger charge is 2.26. The molecule has 1 aliphatic rings. The summed E-state index contributed by atoms with van der Waals surface area (Å²) in [6.45, 7) is 0.0478. The van der Waals surface area contributed by atoms with Crippen LogP contribution in [0.5, 0.6) is 0 Å². The fourth-order valence-corrected chi connectivity index (χ4v) is 1.90. The zero-order chi connectivity index (χ0) is 10.1. The van der Waals surface area contributed by atoms with Gasteiger partial charge in [0.2, 0.25) is 5.91 Å². The Balaban J connectivity index is 2.36. The molecule has 0 aliphatic carbocycles. The molecule has 1 N–H and O–H groups in total. The second-order valence-corrected chi connectivity index (χ2v) is 3.71. The largest absolute Gasteiger partial charge is 0.344 e. The summed E-state index contributed by atoms with van der Waals surface area (Å²) >= 11 is 11.9. The molecule has 1 aromatic carbocycles. The number of rotatable bonds is 1. The highest BCUT2D eigenvalue weighted by atomic mass is 35.5. The van der Waals surface area contributed by atoms with E-state index in [1.807, 2.05) is 0 Å². The van der Waals surface area contributed by atoms with E-state index in [1.165, 1.54) is 0 Å². The van der Waals surface area contributed by atoms with Gasteiger partial charge in [-0.2, -0.15) is 0 Å². The number of nitrogens with one attached hydrogen (secondary N) is 1. The maximum atomic E-state index is 10.9. The van der Waals surface area contributed by atoms with Crippen LogP contribution in [0.2, 0.25) is 10.0 Å². The van der Waals surface area contributed by atoms with Crippen molar-refractivity contribution in [1.29, 1.82) is 0 Å². The Morgan fingerprint density at radius 2 is 2.00 bits per heavy atom. The van der Waals surface area contributed by atoms with Gasteiger partial charge in [-0.25, -0.2) is 0 Å². The first-order valence-electron chi connectivity index (χ1n) is 4.03. The van der Waals surface area contributed by atoms with Crippen molar-refractivity contribution in [2.75, 3.05) is 6.61 Å². The third-order valence-corrected chi connectivity index (χ3v) is 2.59. The molecule has 2 rings (SSSR count). The monoisotopic (exact) mass is 231 g/mol. The van der Waals surface area contributed by atoms with E-state index in [9.17, 15) is 4.79 Å². The molecule has 3 nitrogen and oxygen atoms in total. The number of carbonyl (C=O) groups is 1. The Morgan fingerprint density at radius 1 is 1.36 bits per heavy atom. The summed E-state index contributed by atoms with van der Waals surface area (Å²) in [4.78, 5) is 10.9. The van der Waals surface area contributed by atoms with E-state index < -0.39 is 6.23 Å². The first-order chi connectivity index (χ1) is 6.68. The molecule has 0 radical (unpaired) electrons. The zero-order valence-electron chi connectivity index (χ0n) is 7.09. The van der Waals surface area contributed by atoms with Crippen LogP contribution in [0, 0.1) is 0 Å².